The van der Waals surface area contributed by atoms with Crippen LogP contribution in [0, 0.1) is 0 Å². The van der Waals surface area contributed by atoms with Gasteiger partial charge in [0.1, 0.15) is 0 Å². The molecule has 0 radical (unpaired) electrons. The minimum absolute atomic E-state index is 0.171. The SMILES string of the molecule is C=CCn1c(=NC(=O)Cc2ccccc2)sc2cc3c(cc21)OCO3. The van der Waals surface area contributed by atoms with Crippen LogP contribution in [0.4, 0.5) is 0 Å². The average molecular weight is 352 g/mol. The van der Waals surface area contributed by atoms with Crippen molar-refractivity contribution in [1.29, 1.82) is 0 Å². The number of nitrogens with zero attached hydrogens (tertiary/aromatic N) is 2. The molecule has 2 heterocycles. The number of carbonyl (C=O) groups excluding carboxylic acids is 1. The minimum atomic E-state index is -0.171. The fraction of sp³-hybridized carbons (Fsp3) is 0.158. The van der Waals surface area contributed by atoms with Crippen molar-refractivity contribution in [3.63, 3.8) is 0 Å². The molecule has 2 aromatic carbocycles. The van der Waals surface area contributed by atoms with Crippen LogP contribution in [0.3, 0.4) is 0 Å². The van der Waals surface area contributed by atoms with Crippen LogP contribution in [0.25, 0.3) is 10.2 Å². The second-order valence-corrected chi connectivity index (χ2v) is 6.63. The molecule has 25 heavy (non-hydrogen) atoms. The number of fused-ring (bicyclic) bond motifs is 2. The molecule has 0 unspecified atom stereocenters. The summed E-state index contributed by atoms with van der Waals surface area (Å²) < 4.78 is 13.9. The van der Waals surface area contributed by atoms with E-state index in [2.05, 4.69) is 11.6 Å². The van der Waals surface area contributed by atoms with Gasteiger partial charge >= 0.3 is 0 Å². The molecule has 5 nitrogen and oxygen atoms in total. The molecule has 3 aromatic rings. The van der Waals surface area contributed by atoms with Gasteiger partial charge in [-0.3, -0.25) is 4.79 Å². The third-order valence-electron chi connectivity index (χ3n) is 3.91. The van der Waals surface area contributed by atoms with Gasteiger partial charge in [0, 0.05) is 18.7 Å². The maximum atomic E-state index is 12.4. The second-order valence-electron chi connectivity index (χ2n) is 5.63. The lowest BCUT2D eigenvalue weighted by Gasteiger charge is -2.02. The Morgan fingerprint density at radius 3 is 2.76 bits per heavy atom. The average Bonchev–Trinajstić information content (AvgIpc) is 3.18. The fourth-order valence-electron chi connectivity index (χ4n) is 2.77. The molecule has 0 atom stereocenters. The zero-order valence-electron chi connectivity index (χ0n) is 13.5. The summed E-state index contributed by atoms with van der Waals surface area (Å²) in [7, 11) is 0. The van der Waals surface area contributed by atoms with Crippen molar-refractivity contribution in [1.82, 2.24) is 4.57 Å². The Balaban J connectivity index is 1.76. The van der Waals surface area contributed by atoms with Gasteiger partial charge in [-0.15, -0.1) is 6.58 Å². The smallest absolute Gasteiger partial charge is 0.252 e. The Morgan fingerprint density at radius 1 is 1.24 bits per heavy atom. The van der Waals surface area contributed by atoms with Crippen molar-refractivity contribution in [2.24, 2.45) is 4.99 Å². The molecule has 0 saturated heterocycles. The number of rotatable bonds is 4. The van der Waals surface area contributed by atoms with Crippen LogP contribution >= 0.6 is 11.3 Å². The first-order valence-electron chi connectivity index (χ1n) is 7.90. The molecule has 4 rings (SSSR count). The Kier molecular flexibility index (Phi) is 4.11. The molecule has 0 saturated carbocycles. The zero-order chi connectivity index (χ0) is 17.2. The summed E-state index contributed by atoms with van der Waals surface area (Å²) in [5.41, 5.74) is 1.91. The number of benzene rings is 2. The third kappa shape index (κ3) is 3.08. The third-order valence-corrected chi connectivity index (χ3v) is 4.95. The van der Waals surface area contributed by atoms with E-state index in [0.717, 1.165) is 21.5 Å². The normalized spacial score (nSPS) is 13.4. The van der Waals surface area contributed by atoms with E-state index < -0.39 is 0 Å². The van der Waals surface area contributed by atoms with E-state index in [1.54, 1.807) is 6.08 Å². The number of hydrogen-bond donors (Lipinski definition) is 0. The molecule has 0 N–H and O–H groups in total. The van der Waals surface area contributed by atoms with Gasteiger partial charge < -0.3 is 14.0 Å². The van der Waals surface area contributed by atoms with Crippen molar-refractivity contribution in [3.05, 3.63) is 65.5 Å². The van der Waals surface area contributed by atoms with Crippen LogP contribution < -0.4 is 14.3 Å². The van der Waals surface area contributed by atoms with E-state index in [1.807, 2.05) is 47.0 Å². The summed E-state index contributed by atoms with van der Waals surface area (Å²) in [6, 6.07) is 13.5. The zero-order valence-corrected chi connectivity index (χ0v) is 14.3. The first kappa shape index (κ1) is 15.7. The molecule has 0 fully saturated rings. The number of hydrogen-bond acceptors (Lipinski definition) is 4. The first-order valence-corrected chi connectivity index (χ1v) is 8.71. The van der Waals surface area contributed by atoms with Crippen LogP contribution in [-0.4, -0.2) is 17.3 Å². The van der Waals surface area contributed by atoms with Crippen LogP contribution in [0.1, 0.15) is 5.56 Å². The van der Waals surface area contributed by atoms with Crippen molar-refractivity contribution >= 4 is 27.5 Å². The largest absolute Gasteiger partial charge is 0.454 e. The molecule has 1 aliphatic heterocycles. The summed E-state index contributed by atoms with van der Waals surface area (Å²) in [5.74, 6) is 1.27. The summed E-state index contributed by atoms with van der Waals surface area (Å²) >= 11 is 1.46. The van der Waals surface area contributed by atoms with Crippen LogP contribution in [0.5, 0.6) is 11.5 Å². The molecule has 1 amide bonds. The summed E-state index contributed by atoms with van der Waals surface area (Å²) in [5, 5.41) is 0. The fourth-order valence-corrected chi connectivity index (χ4v) is 3.83. The topological polar surface area (TPSA) is 52.8 Å². The van der Waals surface area contributed by atoms with Gasteiger partial charge in [0.15, 0.2) is 16.3 Å². The van der Waals surface area contributed by atoms with Gasteiger partial charge in [0.2, 0.25) is 6.79 Å². The highest BCUT2D eigenvalue weighted by Gasteiger charge is 2.17. The van der Waals surface area contributed by atoms with Gasteiger partial charge in [0.25, 0.3) is 5.91 Å². The van der Waals surface area contributed by atoms with Crippen LogP contribution in [0.2, 0.25) is 0 Å². The van der Waals surface area contributed by atoms with Gasteiger partial charge in [-0.1, -0.05) is 47.7 Å². The van der Waals surface area contributed by atoms with Gasteiger partial charge in [-0.2, -0.15) is 4.99 Å². The molecule has 0 bridgehead atoms. The highest BCUT2D eigenvalue weighted by Crippen LogP contribution is 2.36. The van der Waals surface area contributed by atoms with E-state index in [4.69, 9.17) is 9.47 Å². The lowest BCUT2D eigenvalue weighted by molar-refractivity contribution is -0.117. The van der Waals surface area contributed by atoms with E-state index in [-0.39, 0.29) is 19.1 Å². The number of ether oxygens (including phenoxy) is 2. The van der Waals surface area contributed by atoms with E-state index in [9.17, 15) is 4.79 Å². The van der Waals surface area contributed by atoms with E-state index in [0.29, 0.717) is 17.1 Å². The van der Waals surface area contributed by atoms with E-state index >= 15 is 0 Å². The number of amides is 1. The van der Waals surface area contributed by atoms with Crippen molar-refractivity contribution in [2.75, 3.05) is 6.79 Å². The Labute approximate surface area is 148 Å². The number of carbonyl (C=O) groups is 1. The summed E-state index contributed by atoms with van der Waals surface area (Å²) in [6.07, 6.45) is 2.07. The van der Waals surface area contributed by atoms with Crippen molar-refractivity contribution < 1.29 is 14.3 Å². The maximum absolute atomic E-state index is 12.4. The predicted molar refractivity (Wildman–Crippen MR) is 96.9 cm³/mol. The quantitative estimate of drug-likeness (QED) is 0.677. The molecular formula is C19H16N2O3S. The number of thiazole rings is 1. The highest BCUT2D eigenvalue weighted by atomic mass is 32.1. The predicted octanol–water partition coefficient (Wildman–Crippen LogP) is 3.29. The number of allylic oxidation sites excluding steroid dienone is 1. The highest BCUT2D eigenvalue weighted by molar-refractivity contribution is 7.16. The molecular weight excluding hydrogens is 336 g/mol. The minimum Gasteiger partial charge on any atom is -0.454 e. The lowest BCUT2D eigenvalue weighted by atomic mass is 10.1. The van der Waals surface area contributed by atoms with Crippen molar-refractivity contribution in [2.45, 2.75) is 13.0 Å². The van der Waals surface area contributed by atoms with Gasteiger partial charge in [-0.05, 0) is 5.56 Å². The van der Waals surface area contributed by atoms with Gasteiger partial charge in [-0.25, -0.2) is 0 Å². The van der Waals surface area contributed by atoms with Crippen LogP contribution in [0.15, 0.2) is 60.1 Å². The monoisotopic (exact) mass is 352 g/mol. The van der Waals surface area contributed by atoms with Crippen molar-refractivity contribution in [3.8, 4) is 11.5 Å². The van der Waals surface area contributed by atoms with Crippen LogP contribution in [-0.2, 0) is 17.8 Å². The lowest BCUT2D eigenvalue weighted by Crippen LogP contribution is -2.16. The Bertz CT molecular complexity index is 1020. The Morgan fingerprint density at radius 2 is 2.00 bits per heavy atom. The second kappa shape index (κ2) is 6.57. The standard InChI is InChI=1S/C19H16N2O3S/c1-2-8-21-14-10-15-16(24-12-23-15)11-17(14)25-19(21)20-18(22)9-13-6-4-3-5-7-13/h2-7,10-11H,1,8-9,12H2. The van der Waals surface area contributed by atoms with Gasteiger partial charge in [0.05, 0.1) is 16.6 Å². The molecule has 0 aliphatic carbocycles. The Hall–Kier alpha value is -2.86. The summed E-state index contributed by atoms with van der Waals surface area (Å²) in [6.45, 7) is 4.61. The molecule has 1 aliphatic rings. The maximum Gasteiger partial charge on any atom is 0.252 e. The van der Waals surface area contributed by atoms with E-state index in [1.165, 1.54) is 11.3 Å². The number of aromatic nitrogens is 1. The molecule has 0 spiro atoms. The summed E-state index contributed by atoms with van der Waals surface area (Å²) in [4.78, 5) is 17.3. The molecule has 1 aromatic heterocycles. The first-order chi connectivity index (χ1) is 12.2. The molecule has 6 heteroatoms. The molecule has 126 valence electrons.